The number of halogens is 1. The quantitative estimate of drug-likeness (QED) is 0.363. The molecule has 5 rings (SSSR count). The SMILES string of the molecule is CC(=O)c1cn(CCCN2C3CCC2CC(CC(=O)c2ccccc2)C3)c2c(Cl)cccc12. The molecule has 4 nitrogen and oxygen atoms in total. The number of benzene rings is 2. The lowest BCUT2D eigenvalue weighted by molar-refractivity contribution is 0.0807. The molecular weight excluding hydrogens is 432 g/mol. The van der Waals surface area contributed by atoms with Crippen molar-refractivity contribution in [1.29, 1.82) is 0 Å². The van der Waals surface area contributed by atoms with Gasteiger partial charge in [-0.1, -0.05) is 54.1 Å². The summed E-state index contributed by atoms with van der Waals surface area (Å²) < 4.78 is 2.15. The van der Waals surface area contributed by atoms with Gasteiger partial charge in [-0.25, -0.2) is 0 Å². The van der Waals surface area contributed by atoms with Gasteiger partial charge in [-0.15, -0.1) is 0 Å². The molecule has 33 heavy (non-hydrogen) atoms. The molecule has 5 heteroatoms. The Bertz CT molecular complexity index is 1160. The van der Waals surface area contributed by atoms with Crippen LogP contribution >= 0.6 is 11.6 Å². The number of Topliss-reactive ketones (excluding diaryl/α,β-unsaturated/α-hetero) is 2. The minimum atomic E-state index is 0.0752. The van der Waals surface area contributed by atoms with Gasteiger partial charge < -0.3 is 4.57 Å². The van der Waals surface area contributed by atoms with Gasteiger partial charge in [0.1, 0.15) is 0 Å². The van der Waals surface area contributed by atoms with E-state index in [4.69, 9.17) is 11.6 Å². The van der Waals surface area contributed by atoms with E-state index in [-0.39, 0.29) is 11.6 Å². The molecule has 0 saturated carbocycles. The first kappa shape index (κ1) is 22.4. The number of hydrogen-bond donors (Lipinski definition) is 0. The molecule has 2 aliphatic rings. The normalized spacial score (nSPS) is 22.7. The number of aromatic nitrogens is 1. The van der Waals surface area contributed by atoms with Crippen molar-refractivity contribution in [1.82, 2.24) is 9.47 Å². The number of aryl methyl sites for hydroxylation is 1. The van der Waals surface area contributed by atoms with Crippen LogP contribution in [0.4, 0.5) is 0 Å². The largest absolute Gasteiger partial charge is 0.345 e. The number of hydrogen-bond acceptors (Lipinski definition) is 3. The van der Waals surface area contributed by atoms with Crippen LogP contribution in [0.3, 0.4) is 0 Å². The maximum atomic E-state index is 12.7. The lowest BCUT2D eigenvalue weighted by atomic mass is 9.85. The van der Waals surface area contributed by atoms with Crippen LogP contribution < -0.4 is 0 Å². The number of carbonyl (C=O) groups excluding carboxylic acids is 2. The Morgan fingerprint density at radius 2 is 1.70 bits per heavy atom. The van der Waals surface area contributed by atoms with E-state index in [1.807, 2.05) is 54.7 Å². The Labute approximate surface area is 200 Å². The molecule has 172 valence electrons. The summed E-state index contributed by atoms with van der Waals surface area (Å²) in [5.41, 5.74) is 2.55. The summed E-state index contributed by atoms with van der Waals surface area (Å²) in [6, 6.07) is 16.7. The van der Waals surface area contributed by atoms with E-state index < -0.39 is 0 Å². The first-order valence-electron chi connectivity index (χ1n) is 12.1. The van der Waals surface area contributed by atoms with Gasteiger partial charge in [-0.3, -0.25) is 14.5 Å². The summed E-state index contributed by atoms with van der Waals surface area (Å²) in [4.78, 5) is 27.5. The third-order valence-corrected chi connectivity index (χ3v) is 7.90. The van der Waals surface area contributed by atoms with Crippen molar-refractivity contribution in [2.24, 2.45) is 5.92 Å². The smallest absolute Gasteiger partial charge is 0.163 e. The average molecular weight is 463 g/mol. The van der Waals surface area contributed by atoms with Crippen molar-refractivity contribution in [3.05, 3.63) is 70.9 Å². The predicted molar refractivity (Wildman–Crippen MR) is 133 cm³/mol. The zero-order valence-corrected chi connectivity index (χ0v) is 19.9. The Kier molecular flexibility index (Phi) is 6.40. The Morgan fingerprint density at radius 3 is 2.39 bits per heavy atom. The second-order valence-corrected chi connectivity index (χ2v) is 10.1. The van der Waals surface area contributed by atoms with Crippen molar-refractivity contribution in [2.75, 3.05) is 6.54 Å². The lowest BCUT2D eigenvalue weighted by Crippen LogP contribution is -2.43. The van der Waals surface area contributed by atoms with Crippen LogP contribution in [0, 0.1) is 5.92 Å². The highest BCUT2D eigenvalue weighted by atomic mass is 35.5. The van der Waals surface area contributed by atoms with Crippen LogP contribution in [0.2, 0.25) is 5.02 Å². The monoisotopic (exact) mass is 462 g/mol. The van der Waals surface area contributed by atoms with Crippen molar-refractivity contribution in [2.45, 2.75) is 64.1 Å². The fraction of sp³-hybridized carbons (Fsp3) is 0.429. The maximum Gasteiger partial charge on any atom is 0.163 e. The van der Waals surface area contributed by atoms with Gasteiger partial charge >= 0.3 is 0 Å². The van der Waals surface area contributed by atoms with E-state index >= 15 is 0 Å². The third kappa shape index (κ3) is 4.51. The molecule has 0 aliphatic carbocycles. The van der Waals surface area contributed by atoms with Crippen molar-refractivity contribution < 1.29 is 9.59 Å². The fourth-order valence-electron chi connectivity index (χ4n) is 6.12. The molecule has 1 aromatic heterocycles. The molecule has 3 heterocycles. The molecule has 0 radical (unpaired) electrons. The minimum absolute atomic E-state index is 0.0752. The summed E-state index contributed by atoms with van der Waals surface area (Å²) in [6.45, 7) is 3.51. The third-order valence-electron chi connectivity index (χ3n) is 7.60. The van der Waals surface area contributed by atoms with Crippen LogP contribution in [-0.2, 0) is 6.54 Å². The molecule has 2 saturated heterocycles. The highest BCUT2D eigenvalue weighted by Gasteiger charge is 2.40. The maximum absolute atomic E-state index is 12.7. The molecule has 0 spiro atoms. The van der Waals surface area contributed by atoms with Crippen LogP contribution in [0.15, 0.2) is 54.7 Å². The van der Waals surface area contributed by atoms with Crippen molar-refractivity contribution >= 4 is 34.1 Å². The molecule has 3 aromatic rings. The molecule has 2 aliphatic heterocycles. The number of carbonyl (C=O) groups is 2. The first-order valence-corrected chi connectivity index (χ1v) is 12.5. The molecule has 2 bridgehead atoms. The van der Waals surface area contributed by atoms with Crippen LogP contribution in [0.5, 0.6) is 0 Å². The lowest BCUT2D eigenvalue weighted by Gasteiger charge is -2.39. The summed E-state index contributed by atoms with van der Waals surface area (Å²) in [7, 11) is 0. The molecule has 2 unspecified atom stereocenters. The number of nitrogens with zero attached hydrogens (tertiary/aromatic N) is 2. The molecule has 2 atom stereocenters. The Morgan fingerprint density at radius 1 is 0.970 bits per heavy atom. The van der Waals surface area contributed by atoms with E-state index in [9.17, 15) is 9.59 Å². The molecule has 2 aromatic carbocycles. The second-order valence-electron chi connectivity index (χ2n) is 9.74. The zero-order chi connectivity index (χ0) is 22.9. The van der Waals surface area contributed by atoms with Gasteiger partial charge in [0.25, 0.3) is 0 Å². The fourth-order valence-corrected chi connectivity index (χ4v) is 6.40. The highest BCUT2D eigenvalue weighted by Crippen LogP contribution is 2.40. The number of ketones is 2. The summed E-state index contributed by atoms with van der Waals surface area (Å²) in [6.07, 6.45) is 8.40. The van der Waals surface area contributed by atoms with E-state index in [0.29, 0.717) is 29.4 Å². The van der Waals surface area contributed by atoms with Crippen LogP contribution in [0.25, 0.3) is 10.9 Å². The van der Waals surface area contributed by atoms with Crippen LogP contribution in [0.1, 0.15) is 66.2 Å². The second kappa shape index (κ2) is 9.44. The van der Waals surface area contributed by atoms with Crippen molar-refractivity contribution in [3.63, 3.8) is 0 Å². The molecule has 2 fully saturated rings. The van der Waals surface area contributed by atoms with E-state index in [1.165, 1.54) is 12.8 Å². The number of rotatable bonds is 8. The summed E-state index contributed by atoms with van der Waals surface area (Å²) in [5, 5.41) is 1.64. The van der Waals surface area contributed by atoms with Gasteiger partial charge in [0.05, 0.1) is 10.5 Å². The van der Waals surface area contributed by atoms with Gasteiger partial charge in [-0.05, 0) is 51.0 Å². The standard InChI is InChI=1S/C28H31ClN2O2/c1-19(32)25-18-30(28-24(25)9-5-10-26(28)29)13-6-14-31-22-11-12-23(31)16-20(15-22)17-27(33)21-7-3-2-4-8-21/h2-5,7-10,18,20,22-23H,6,11-17H2,1H3. The number of para-hydroxylation sites is 1. The molecule has 0 N–H and O–H groups in total. The molecule has 0 amide bonds. The topological polar surface area (TPSA) is 42.3 Å². The number of piperidine rings is 1. The predicted octanol–water partition coefficient (Wildman–Crippen LogP) is 6.40. The zero-order valence-electron chi connectivity index (χ0n) is 19.2. The van der Waals surface area contributed by atoms with Gasteiger partial charge in [0, 0.05) is 54.3 Å². The average Bonchev–Trinajstić information content (AvgIpc) is 3.29. The van der Waals surface area contributed by atoms with E-state index in [2.05, 4.69) is 9.47 Å². The summed E-state index contributed by atoms with van der Waals surface area (Å²) in [5.74, 6) is 0.856. The highest BCUT2D eigenvalue weighted by molar-refractivity contribution is 6.35. The van der Waals surface area contributed by atoms with Gasteiger partial charge in [-0.2, -0.15) is 0 Å². The Balaban J connectivity index is 1.20. The summed E-state index contributed by atoms with van der Waals surface area (Å²) >= 11 is 6.50. The minimum Gasteiger partial charge on any atom is -0.345 e. The van der Waals surface area contributed by atoms with Gasteiger partial charge in [0.2, 0.25) is 0 Å². The first-order chi connectivity index (χ1) is 16.0. The van der Waals surface area contributed by atoms with E-state index in [1.54, 1.807) is 6.92 Å². The molecular formula is C28H31ClN2O2. The van der Waals surface area contributed by atoms with Crippen LogP contribution in [-0.4, -0.2) is 39.7 Å². The van der Waals surface area contributed by atoms with Crippen molar-refractivity contribution in [3.8, 4) is 0 Å². The Hall–Kier alpha value is -2.43. The number of fused-ring (bicyclic) bond motifs is 3. The van der Waals surface area contributed by atoms with E-state index in [0.717, 1.165) is 54.4 Å². The van der Waals surface area contributed by atoms with Gasteiger partial charge in [0.15, 0.2) is 11.6 Å².